The van der Waals surface area contributed by atoms with Crippen LogP contribution in [0, 0.1) is 0 Å². The highest BCUT2D eigenvalue weighted by molar-refractivity contribution is 7.92. The first kappa shape index (κ1) is 14.7. The van der Waals surface area contributed by atoms with Gasteiger partial charge in [-0.1, -0.05) is 0 Å². The lowest BCUT2D eigenvalue weighted by Gasteiger charge is -2.10. The zero-order valence-electron chi connectivity index (χ0n) is 9.65. The molecule has 0 bridgehead atoms. The van der Waals surface area contributed by atoms with Gasteiger partial charge in [-0.3, -0.25) is 0 Å². The van der Waals surface area contributed by atoms with Crippen molar-refractivity contribution in [2.75, 3.05) is 6.26 Å². The molecule has 0 heterocycles. The average molecular weight is 291 g/mol. The number of hydrogen-bond donors (Lipinski definition) is 0. The summed E-state index contributed by atoms with van der Waals surface area (Å²) in [5.74, 6) is 0. The molecule has 1 rings (SSSR count). The van der Waals surface area contributed by atoms with Crippen LogP contribution in [0.15, 0.2) is 34.1 Å². The van der Waals surface area contributed by atoms with Gasteiger partial charge in [-0.05, 0) is 31.2 Å². The van der Waals surface area contributed by atoms with Crippen molar-refractivity contribution < 1.29 is 26.4 Å². The largest absolute Gasteiger partial charge is 0.437 e. The van der Waals surface area contributed by atoms with Gasteiger partial charge in [-0.2, -0.15) is 0 Å². The Labute approximate surface area is 105 Å². The number of hydrogen-bond acceptors (Lipinski definition) is 6. The van der Waals surface area contributed by atoms with Crippen LogP contribution in [0.5, 0.6) is 0 Å². The lowest BCUT2D eigenvalue weighted by molar-refractivity contribution is 0.257. The highest BCUT2D eigenvalue weighted by atomic mass is 32.2. The predicted octanol–water partition coefficient (Wildman–Crippen LogP) is 0.294. The van der Waals surface area contributed by atoms with Gasteiger partial charge in [0.05, 0.1) is 9.79 Å². The Bertz CT molecular complexity index is 627. The molecule has 1 aromatic rings. The Morgan fingerprint density at radius 1 is 1.06 bits per heavy atom. The van der Waals surface area contributed by atoms with Gasteiger partial charge in [-0.15, -0.1) is 0 Å². The van der Waals surface area contributed by atoms with Gasteiger partial charge >= 0.3 is 6.47 Å². The maximum atomic E-state index is 11.8. The van der Waals surface area contributed by atoms with Crippen LogP contribution in [0.2, 0.25) is 0 Å². The molecule has 0 aromatic heterocycles. The first-order chi connectivity index (χ1) is 8.19. The molecule has 0 N–H and O–H groups in total. The Hall–Kier alpha value is -1.41. The third kappa shape index (κ3) is 3.08. The van der Waals surface area contributed by atoms with E-state index in [0.717, 1.165) is 24.9 Å². The van der Waals surface area contributed by atoms with E-state index in [9.17, 15) is 21.6 Å². The van der Waals surface area contributed by atoms with Crippen LogP contribution in [0.4, 0.5) is 0 Å². The third-order valence-corrected chi connectivity index (χ3v) is 5.26. The number of ether oxygens (including phenoxy) is 1. The molecule has 0 aliphatic heterocycles. The highest BCUT2D eigenvalue weighted by Gasteiger charge is 2.25. The van der Waals surface area contributed by atoms with E-state index in [1.807, 2.05) is 0 Å². The molecule has 1 aromatic carbocycles. The maximum absolute atomic E-state index is 11.8. The number of carbonyl (C=O) groups excluding carboxylic acids is 1. The Balaban J connectivity index is 3.17. The standard InChI is InChI=1S/C10H11O6S2/c1-8(16-7-11)18(14,15)10-5-3-9(4-6-10)17(2,12)13/h3-6,8H,1-2H3. The minimum absolute atomic E-state index is 0.0111. The van der Waals surface area contributed by atoms with Crippen LogP contribution in [0.25, 0.3) is 0 Å². The Morgan fingerprint density at radius 2 is 1.50 bits per heavy atom. The van der Waals surface area contributed by atoms with Crippen LogP contribution in [-0.4, -0.2) is 35.0 Å². The Morgan fingerprint density at radius 3 is 1.89 bits per heavy atom. The van der Waals surface area contributed by atoms with Crippen LogP contribution in [-0.2, 0) is 29.2 Å². The molecule has 1 unspecified atom stereocenters. The molecule has 0 fully saturated rings. The summed E-state index contributed by atoms with van der Waals surface area (Å²) in [6.45, 7) is 2.24. The fourth-order valence-electron chi connectivity index (χ4n) is 1.20. The van der Waals surface area contributed by atoms with Crippen LogP contribution in [0.1, 0.15) is 6.92 Å². The predicted molar refractivity (Wildman–Crippen MR) is 63.0 cm³/mol. The van der Waals surface area contributed by atoms with Crippen LogP contribution < -0.4 is 0 Å². The van der Waals surface area contributed by atoms with Crippen molar-refractivity contribution in [2.24, 2.45) is 0 Å². The van der Waals surface area contributed by atoms with Crippen molar-refractivity contribution in [1.29, 1.82) is 0 Å². The molecule has 18 heavy (non-hydrogen) atoms. The molecule has 0 aliphatic carbocycles. The minimum atomic E-state index is -3.84. The van der Waals surface area contributed by atoms with E-state index in [4.69, 9.17) is 0 Å². The molecule has 0 saturated carbocycles. The highest BCUT2D eigenvalue weighted by Crippen LogP contribution is 2.19. The maximum Gasteiger partial charge on any atom is 0.418 e. The lowest BCUT2D eigenvalue weighted by atomic mass is 10.4. The molecule has 8 heteroatoms. The van der Waals surface area contributed by atoms with Gasteiger partial charge < -0.3 is 4.74 Å². The monoisotopic (exact) mass is 291 g/mol. The van der Waals surface area contributed by atoms with Crippen LogP contribution in [0.3, 0.4) is 0 Å². The second kappa shape index (κ2) is 5.07. The molecule has 99 valence electrons. The summed E-state index contributed by atoms with van der Waals surface area (Å²) >= 11 is 0. The molecule has 1 atom stereocenters. The summed E-state index contributed by atoms with van der Waals surface area (Å²) in [5, 5.41) is 0. The first-order valence-electron chi connectivity index (χ1n) is 4.76. The summed E-state index contributed by atoms with van der Waals surface area (Å²) < 4.78 is 50.3. The number of rotatable bonds is 5. The third-order valence-electron chi connectivity index (χ3n) is 2.23. The first-order valence-corrected chi connectivity index (χ1v) is 8.20. The quantitative estimate of drug-likeness (QED) is 0.774. The van der Waals surface area contributed by atoms with Gasteiger partial charge in [0.1, 0.15) is 0 Å². The summed E-state index contributed by atoms with van der Waals surface area (Å²) in [4.78, 5) is 9.87. The average Bonchev–Trinajstić information content (AvgIpc) is 2.28. The Kier molecular flexibility index (Phi) is 4.12. The van der Waals surface area contributed by atoms with E-state index in [0.29, 0.717) is 0 Å². The summed E-state index contributed by atoms with van der Waals surface area (Å²) in [6.07, 6.45) is 1.02. The lowest BCUT2D eigenvalue weighted by Crippen LogP contribution is -2.20. The molecular weight excluding hydrogens is 280 g/mol. The topological polar surface area (TPSA) is 94.6 Å². The summed E-state index contributed by atoms with van der Waals surface area (Å²) in [6, 6.07) is 4.66. The number of sulfone groups is 2. The number of benzene rings is 1. The zero-order valence-corrected chi connectivity index (χ0v) is 11.3. The molecule has 0 aliphatic rings. The fraction of sp³-hybridized carbons (Fsp3) is 0.300. The van der Waals surface area contributed by atoms with E-state index in [1.165, 1.54) is 19.1 Å². The van der Waals surface area contributed by atoms with Gasteiger partial charge in [0.2, 0.25) is 15.3 Å². The van der Waals surface area contributed by atoms with Gasteiger partial charge in [0, 0.05) is 6.26 Å². The fourth-order valence-corrected chi connectivity index (χ4v) is 2.89. The van der Waals surface area contributed by atoms with Crippen molar-refractivity contribution in [1.82, 2.24) is 0 Å². The molecule has 6 nitrogen and oxygen atoms in total. The minimum Gasteiger partial charge on any atom is -0.437 e. The van der Waals surface area contributed by atoms with Crippen molar-refractivity contribution in [2.45, 2.75) is 22.2 Å². The normalized spacial score (nSPS) is 13.9. The second-order valence-corrected chi connectivity index (χ2v) is 7.80. The molecular formula is C10H11O6S2. The van der Waals surface area contributed by atoms with Crippen molar-refractivity contribution in [3.8, 4) is 0 Å². The second-order valence-electron chi connectivity index (χ2n) is 3.56. The molecule has 0 saturated heterocycles. The SMILES string of the molecule is CC(O[C]=O)S(=O)(=O)c1ccc(S(C)(=O)=O)cc1. The summed E-state index contributed by atoms with van der Waals surface area (Å²) in [5.41, 5.74) is -1.38. The summed E-state index contributed by atoms with van der Waals surface area (Å²) in [7, 11) is -7.23. The van der Waals surface area contributed by atoms with E-state index in [2.05, 4.69) is 4.74 Å². The van der Waals surface area contributed by atoms with Gasteiger partial charge in [0.15, 0.2) is 9.84 Å². The van der Waals surface area contributed by atoms with E-state index in [-0.39, 0.29) is 9.79 Å². The van der Waals surface area contributed by atoms with E-state index >= 15 is 0 Å². The zero-order chi connectivity index (χ0) is 14.0. The molecule has 0 spiro atoms. The van der Waals surface area contributed by atoms with E-state index < -0.39 is 25.1 Å². The van der Waals surface area contributed by atoms with Gasteiger partial charge in [0.25, 0.3) is 0 Å². The molecule has 0 amide bonds. The van der Waals surface area contributed by atoms with Crippen molar-refractivity contribution in [3.63, 3.8) is 0 Å². The smallest absolute Gasteiger partial charge is 0.418 e. The van der Waals surface area contributed by atoms with E-state index in [1.54, 1.807) is 0 Å². The van der Waals surface area contributed by atoms with Crippen molar-refractivity contribution >= 4 is 26.1 Å². The van der Waals surface area contributed by atoms with Crippen LogP contribution >= 0.6 is 0 Å². The molecule has 1 radical (unpaired) electrons. The van der Waals surface area contributed by atoms with Gasteiger partial charge in [-0.25, -0.2) is 21.6 Å². The van der Waals surface area contributed by atoms with Crippen molar-refractivity contribution in [3.05, 3.63) is 24.3 Å².